The van der Waals surface area contributed by atoms with Gasteiger partial charge in [0.2, 0.25) is 0 Å². The molecule has 0 saturated heterocycles. The molecule has 0 fully saturated rings. The predicted octanol–water partition coefficient (Wildman–Crippen LogP) is 3.35. The summed E-state index contributed by atoms with van der Waals surface area (Å²) in [4.78, 5) is 18.3. The first-order valence-corrected chi connectivity index (χ1v) is 9.58. The number of nitrogens with one attached hydrogen (secondary N) is 1. The molecule has 2 heterocycles. The largest absolute Gasteiger partial charge is 0.486 e. The molecule has 7 heteroatoms. The zero-order chi connectivity index (χ0) is 18.4. The van der Waals surface area contributed by atoms with Crippen LogP contribution < -0.4 is 14.8 Å². The van der Waals surface area contributed by atoms with Crippen molar-refractivity contribution in [2.45, 2.75) is 18.0 Å². The first-order valence-electron chi connectivity index (χ1n) is 8.59. The highest BCUT2D eigenvalue weighted by Gasteiger charge is 2.20. The molecule has 6 nitrogen and oxygen atoms in total. The van der Waals surface area contributed by atoms with Gasteiger partial charge in [0.05, 0.1) is 11.1 Å². The Balaban J connectivity index is 1.49. The fraction of sp³-hybridized carbons (Fsp3) is 0.368. The summed E-state index contributed by atoms with van der Waals surface area (Å²) >= 11 is 1.62. The molecule has 0 spiro atoms. The Morgan fingerprint density at radius 2 is 2.08 bits per heavy atom. The highest BCUT2D eigenvalue weighted by atomic mass is 32.2. The lowest BCUT2D eigenvalue weighted by Crippen LogP contribution is -2.39. The zero-order valence-electron chi connectivity index (χ0n) is 15.0. The third kappa shape index (κ3) is 4.60. The van der Waals surface area contributed by atoms with E-state index in [0.29, 0.717) is 19.8 Å². The fourth-order valence-electron chi connectivity index (χ4n) is 2.59. The van der Waals surface area contributed by atoms with Crippen molar-refractivity contribution < 1.29 is 14.3 Å². The lowest BCUT2D eigenvalue weighted by molar-refractivity contribution is 0.170. The summed E-state index contributed by atoms with van der Waals surface area (Å²) in [5, 5.41) is 3.91. The number of nitrogens with zero attached hydrogens (tertiary/aromatic N) is 2. The predicted molar refractivity (Wildman–Crippen MR) is 102 cm³/mol. The summed E-state index contributed by atoms with van der Waals surface area (Å²) in [5.41, 5.74) is 1.01. The van der Waals surface area contributed by atoms with Crippen LogP contribution in [0.5, 0.6) is 11.5 Å². The summed E-state index contributed by atoms with van der Waals surface area (Å²) < 4.78 is 11.2. The summed E-state index contributed by atoms with van der Waals surface area (Å²) in [6.07, 6.45) is 1.77. The van der Waals surface area contributed by atoms with Crippen molar-refractivity contribution in [1.82, 2.24) is 15.2 Å². The molecule has 0 radical (unpaired) electrons. The van der Waals surface area contributed by atoms with E-state index in [1.54, 1.807) is 29.9 Å². The maximum Gasteiger partial charge on any atom is 0.317 e. The van der Waals surface area contributed by atoms with Crippen LogP contribution in [0.4, 0.5) is 4.79 Å². The Bertz CT molecular complexity index is 742. The highest BCUT2D eigenvalue weighted by molar-refractivity contribution is 7.99. The fourth-order valence-corrected chi connectivity index (χ4v) is 3.31. The number of amides is 2. The number of hydrogen-bond acceptors (Lipinski definition) is 5. The van der Waals surface area contributed by atoms with E-state index in [-0.39, 0.29) is 12.1 Å². The van der Waals surface area contributed by atoms with E-state index in [1.807, 2.05) is 43.3 Å². The summed E-state index contributed by atoms with van der Waals surface area (Å²) in [7, 11) is 1.79. The van der Waals surface area contributed by atoms with E-state index in [2.05, 4.69) is 10.3 Å². The van der Waals surface area contributed by atoms with Crippen LogP contribution in [-0.4, -0.2) is 48.5 Å². The second kappa shape index (κ2) is 8.80. The number of hydrogen-bond donors (Lipinski definition) is 1. The van der Waals surface area contributed by atoms with E-state index in [0.717, 1.165) is 27.8 Å². The second-order valence-electron chi connectivity index (χ2n) is 5.94. The Morgan fingerprint density at radius 1 is 1.27 bits per heavy atom. The lowest BCUT2D eigenvalue weighted by Gasteiger charge is -2.27. The minimum atomic E-state index is -0.103. The maximum atomic E-state index is 12.4. The van der Waals surface area contributed by atoms with E-state index >= 15 is 0 Å². The molecule has 0 saturated carbocycles. The third-order valence-corrected chi connectivity index (χ3v) is 5.16. The van der Waals surface area contributed by atoms with Crippen LogP contribution in [0.1, 0.15) is 18.5 Å². The zero-order valence-corrected chi connectivity index (χ0v) is 15.8. The molecular weight excluding hydrogens is 350 g/mol. The van der Waals surface area contributed by atoms with Crippen LogP contribution in [0.15, 0.2) is 47.6 Å². The number of fused-ring (bicyclic) bond motifs is 1. The molecule has 0 unspecified atom stereocenters. The van der Waals surface area contributed by atoms with Crippen molar-refractivity contribution >= 4 is 17.8 Å². The van der Waals surface area contributed by atoms with Gasteiger partial charge in [0, 0.05) is 25.5 Å². The monoisotopic (exact) mass is 373 g/mol. The molecule has 138 valence electrons. The van der Waals surface area contributed by atoms with Gasteiger partial charge in [-0.25, -0.2) is 9.78 Å². The number of carbonyl (C=O) groups is 1. The van der Waals surface area contributed by atoms with Crippen molar-refractivity contribution in [3.63, 3.8) is 0 Å². The third-order valence-electron chi connectivity index (χ3n) is 4.22. The number of ether oxygens (including phenoxy) is 2. The normalized spacial score (nSPS) is 13.8. The number of urea groups is 1. The topological polar surface area (TPSA) is 63.7 Å². The lowest BCUT2D eigenvalue weighted by atomic mass is 10.1. The van der Waals surface area contributed by atoms with Crippen molar-refractivity contribution in [3.8, 4) is 11.5 Å². The summed E-state index contributed by atoms with van der Waals surface area (Å²) in [6.45, 7) is 3.70. The molecule has 2 aromatic rings. The molecule has 1 aliphatic heterocycles. The van der Waals surface area contributed by atoms with Crippen molar-refractivity contribution in [3.05, 3.63) is 48.2 Å². The second-order valence-corrected chi connectivity index (χ2v) is 7.05. The van der Waals surface area contributed by atoms with Gasteiger partial charge < -0.3 is 19.7 Å². The minimum absolute atomic E-state index is 0.0748. The molecule has 1 N–H and O–H groups in total. The van der Waals surface area contributed by atoms with Gasteiger partial charge in [-0.05, 0) is 36.8 Å². The molecule has 1 atom stereocenters. The van der Waals surface area contributed by atoms with E-state index < -0.39 is 0 Å². The van der Waals surface area contributed by atoms with Crippen LogP contribution in [0.2, 0.25) is 0 Å². The van der Waals surface area contributed by atoms with Gasteiger partial charge in [0.1, 0.15) is 13.2 Å². The molecular formula is C19H23N3O3S. The Hall–Kier alpha value is -2.41. The van der Waals surface area contributed by atoms with Crippen molar-refractivity contribution in [2.75, 3.05) is 32.6 Å². The van der Waals surface area contributed by atoms with E-state index in [9.17, 15) is 4.79 Å². The van der Waals surface area contributed by atoms with E-state index in [1.165, 1.54) is 0 Å². The highest BCUT2D eigenvalue weighted by Crippen LogP contribution is 2.33. The minimum Gasteiger partial charge on any atom is -0.486 e. The van der Waals surface area contributed by atoms with Crippen molar-refractivity contribution in [1.29, 1.82) is 0 Å². The number of thioether (sulfide) groups is 1. The standard InChI is InChI=1S/C19H23N3O3S/c1-14(15-6-7-16-17(13-15)25-11-10-24-16)22(2)19(23)21-9-12-26-18-5-3-4-8-20-18/h3-8,13-14H,9-12H2,1-2H3,(H,21,23)/t14-/m0/s1. The van der Waals surface area contributed by atoms with Gasteiger partial charge in [-0.15, -0.1) is 11.8 Å². The molecule has 1 aliphatic rings. The molecule has 0 bridgehead atoms. The average Bonchev–Trinajstić information content (AvgIpc) is 2.70. The van der Waals surface area contributed by atoms with Crippen molar-refractivity contribution in [2.24, 2.45) is 0 Å². The molecule has 26 heavy (non-hydrogen) atoms. The van der Waals surface area contributed by atoms with E-state index in [4.69, 9.17) is 9.47 Å². The smallest absolute Gasteiger partial charge is 0.317 e. The first kappa shape index (κ1) is 18.4. The van der Waals surface area contributed by atoms with Gasteiger partial charge in [0.15, 0.2) is 11.5 Å². The first-order chi connectivity index (χ1) is 12.6. The molecule has 2 amide bonds. The van der Waals surface area contributed by atoms with Gasteiger partial charge in [-0.2, -0.15) is 0 Å². The van der Waals surface area contributed by atoms with Crippen LogP contribution >= 0.6 is 11.8 Å². The number of pyridine rings is 1. The Morgan fingerprint density at radius 3 is 2.85 bits per heavy atom. The van der Waals surface area contributed by atoms with Crippen LogP contribution in [0, 0.1) is 0 Å². The number of aromatic nitrogens is 1. The Kier molecular flexibility index (Phi) is 6.22. The van der Waals surface area contributed by atoms with Gasteiger partial charge in [-0.1, -0.05) is 12.1 Å². The van der Waals surface area contributed by atoms with Crippen LogP contribution in [0.3, 0.4) is 0 Å². The molecule has 3 rings (SSSR count). The quantitative estimate of drug-likeness (QED) is 0.621. The van der Waals surface area contributed by atoms with Gasteiger partial charge in [-0.3, -0.25) is 0 Å². The SMILES string of the molecule is C[C@@H](c1ccc2c(c1)OCCO2)N(C)C(=O)NCCSc1ccccn1. The molecule has 0 aliphatic carbocycles. The van der Waals surface area contributed by atoms with Gasteiger partial charge in [0.25, 0.3) is 0 Å². The summed E-state index contributed by atoms with van der Waals surface area (Å²) in [6, 6.07) is 11.4. The molecule has 1 aromatic heterocycles. The summed E-state index contributed by atoms with van der Waals surface area (Å²) in [5.74, 6) is 2.27. The number of rotatable bonds is 6. The number of benzene rings is 1. The molecule has 1 aromatic carbocycles. The van der Waals surface area contributed by atoms with Gasteiger partial charge >= 0.3 is 6.03 Å². The average molecular weight is 373 g/mol. The Labute approximate surface area is 157 Å². The van der Waals surface area contributed by atoms with Crippen LogP contribution in [0.25, 0.3) is 0 Å². The maximum absolute atomic E-state index is 12.4. The number of carbonyl (C=O) groups excluding carboxylic acids is 1. The van der Waals surface area contributed by atoms with Crippen LogP contribution in [-0.2, 0) is 0 Å².